The van der Waals surface area contributed by atoms with Crippen molar-refractivity contribution in [2.24, 2.45) is 0 Å². The van der Waals surface area contributed by atoms with Gasteiger partial charge in [0.25, 0.3) is 0 Å². The van der Waals surface area contributed by atoms with Gasteiger partial charge in [-0.3, -0.25) is 9.59 Å². The van der Waals surface area contributed by atoms with Gasteiger partial charge in [0.2, 0.25) is 5.54 Å². The summed E-state index contributed by atoms with van der Waals surface area (Å²) in [5.41, 5.74) is 4.53. The maximum atomic E-state index is 13.5. The molecule has 4 aromatic rings. The smallest absolute Gasteiger partial charge is 0.240 e. The number of nitrogens with zero attached hydrogens (tertiary/aromatic N) is 1. The molecule has 1 fully saturated rings. The van der Waals surface area contributed by atoms with Crippen molar-refractivity contribution in [3.8, 4) is 22.5 Å². The van der Waals surface area contributed by atoms with Crippen LogP contribution in [0.15, 0.2) is 65.1 Å². The molecule has 1 aliphatic carbocycles. The van der Waals surface area contributed by atoms with E-state index in [1.807, 2.05) is 43.3 Å². The molecule has 1 heterocycles. The minimum Gasteiger partial charge on any atom is -0.455 e. The Hall–Kier alpha value is -4.04. The highest BCUT2D eigenvalue weighted by atomic mass is 19.1. The van der Waals surface area contributed by atoms with Gasteiger partial charge in [-0.1, -0.05) is 25.1 Å². The Balaban J connectivity index is 1.60. The van der Waals surface area contributed by atoms with Crippen LogP contribution >= 0.6 is 0 Å². The van der Waals surface area contributed by atoms with Crippen LogP contribution < -0.4 is 0 Å². The third-order valence-corrected chi connectivity index (χ3v) is 6.82. The fourth-order valence-electron chi connectivity index (χ4n) is 4.50. The zero-order valence-corrected chi connectivity index (χ0v) is 19.7. The molecule has 174 valence electrons. The van der Waals surface area contributed by atoms with Crippen molar-refractivity contribution in [1.82, 2.24) is 0 Å². The van der Waals surface area contributed by atoms with E-state index in [0.29, 0.717) is 39.8 Å². The SMILES string of the molecule is [C-]#[N+]C1(CC(=O)c2ccc(C)c(-c3ccc4oc(-c5ccc(F)cc5)c(C(=O)CC)c4c3)c2)CC1. The zero-order chi connectivity index (χ0) is 24.7. The standard InChI is InChI=1S/C30H24FNO3/c1-4-25(33)28-24-15-20(9-12-27(24)35-29(28)19-7-10-22(31)11-8-19)23-16-21(6-5-18(23)2)26(34)17-30(32-3)13-14-30/h5-12,15-16H,4,13-14,17H2,1-2H3. The van der Waals surface area contributed by atoms with Crippen molar-refractivity contribution in [3.05, 3.63) is 94.6 Å². The Morgan fingerprint density at radius 3 is 2.37 bits per heavy atom. The summed E-state index contributed by atoms with van der Waals surface area (Å²) in [5.74, 6) is -0.0118. The lowest BCUT2D eigenvalue weighted by Gasteiger charge is -2.10. The first-order chi connectivity index (χ1) is 16.8. The second-order valence-electron chi connectivity index (χ2n) is 9.27. The summed E-state index contributed by atoms with van der Waals surface area (Å²) >= 11 is 0. The molecule has 0 aliphatic heterocycles. The molecular weight excluding hydrogens is 441 g/mol. The van der Waals surface area contributed by atoms with Gasteiger partial charge in [-0.05, 0) is 66.1 Å². The summed E-state index contributed by atoms with van der Waals surface area (Å²) in [6, 6.07) is 17.2. The Morgan fingerprint density at radius 2 is 1.71 bits per heavy atom. The molecule has 1 aliphatic rings. The van der Waals surface area contributed by atoms with E-state index in [1.54, 1.807) is 19.1 Å². The molecular formula is C30H24FNO3. The number of aryl methyl sites for hydroxylation is 1. The van der Waals surface area contributed by atoms with Gasteiger partial charge in [-0.25, -0.2) is 11.0 Å². The zero-order valence-electron chi connectivity index (χ0n) is 19.7. The minimum absolute atomic E-state index is 0.0235. The van der Waals surface area contributed by atoms with Crippen LogP contribution in [0, 0.1) is 19.3 Å². The molecule has 0 atom stereocenters. The maximum Gasteiger partial charge on any atom is 0.240 e. The average Bonchev–Trinajstić information content (AvgIpc) is 3.54. The van der Waals surface area contributed by atoms with Crippen molar-refractivity contribution >= 4 is 22.5 Å². The molecule has 0 radical (unpaired) electrons. The van der Waals surface area contributed by atoms with E-state index in [-0.39, 0.29) is 23.8 Å². The summed E-state index contributed by atoms with van der Waals surface area (Å²) < 4.78 is 19.6. The molecule has 0 unspecified atom stereocenters. The van der Waals surface area contributed by atoms with Crippen LogP contribution in [0.4, 0.5) is 4.39 Å². The first-order valence-electron chi connectivity index (χ1n) is 11.7. The van der Waals surface area contributed by atoms with Crippen molar-refractivity contribution in [2.45, 2.75) is 45.1 Å². The van der Waals surface area contributed by atoms with Crippen molar-refractivity contribution < 1.29 is 18.4 Å². The van der Waals surface area contributed by atoms with Crippen LogP contribution in [0.5, 0.6) is 0 Å². The normalized spacial score (nSPS) is 14.0. The molecule has 0 bridgehead atoms. The van der Waals surface area contributed by atoms with Crippen LogP contribution in [0.25, 0.3) is 38.3 Å². The number of hydrogen-bond donors (Lipinski definition) is 0. The van der Waals surface area contributed by atoms with E-state index in [2.05, 4.69) is 4.85 Å². The number of fused-ring (bicyclic) bond motifs is 1. The largest absolute Gasteiger partial charge is 0.455 e. The second kappa shape index (κ2) is 8.63. The number of ketones is 2. The third-order valence-electron chi connectivity index (χ3n) is 6.82. The van der Waals surface area contributed by atoms with Crippen LogP contribution in [-0.2, 0) is 0 Å². The predicted octanol–water partition coefficient (Wildman–Crippen LogP) is 7.83. The summed E-state index contributed by atoms with van der Waals surface area (Å²) in [6.45, 7) is 11.2. The molecule has 5 heteroatoms. The fraction of sp³-hybridized carbons (Fsp3) is 0.233. The quantitative estimate of drug-likeness (QED) is 0.206. The van der Waals surface area contributed by atoms with Crippen LogP contribution in [0.3, 0.4) is 0 Å². The topological polar surface area (TPSA) is 51.6 Å². The molecule has 35 heavy (non-hydrogen) atoms. The molecule has 4 nitrogen and oxygen atoms in total. The van der Waals surface area contributed by atoms with E-state index in [0.717, 1.165) is 29.5 Å². The molecule has 0 N–H and O–H groups in total. The number of furan rings is 1. The van der Waals surface area contributed by atoms with Crippen LogP contribution in [-0.4, -0.2) is 17.1 Å². The van der Waals surface area contributed by atoms with Crippen molar-refractivity contribution in [2.75, 3.05) is 0 Å². The third kappa shape index (κ3) is 4.17. The van der Waals surface area contributed by atoms with Gasteiger partial charge >= 0.3 is 0 Å². The first-order valence-corrected chi connectivity index (χ1v) is 11.7. The van der Waals surface area contributed by atoms with E-state index in [1.165, 1.54) is 12.1 Å². The summed E-state index contributed by atoms with van der Waals surface area (Å²) in [5, 5.41) is 0.690. The van der Waals surface area contributed by atoms with Gasteiger partial charge in [0, 0.05) is 35.8 Å². The van der Waals surface area contributed by atoms with Gasteiger partial charge in [0.15, 0.2) is 11.6 Å². The minimum atomic E-state index is -0.510. The maximum absolute atomic E-state index is 13.5. The molecule has 5 rings (SSSR count). The van der Waals surface area contributed by atoms with Gasteiger partial charge in [0.05, 0.1) is 12.0 Å². The van der Waals surface area contributed by atoms with E-state index >= 15 is 0 Å². The highest BCUT2D eigenvalue weighted by Gasteiger charge is 2.52. The molecule has 0 spiro atoms. The van der Waals surface area contributed by atoms with E-state index in [9.17, 15) is 14.0 Å². The fourth-order valence-corrected chi connectivity index (χ4v) is 4.50. The molecule has 0 saturated heterocycles. The van der Waals surface area contributed by atoms with Crippen molar-refractivity contribution in [3.63, 3.8) is 0 Å². The van der Waals surface area contributed by atoms with Gasteiger partial charge in [-0.15, -0.1) is 0 Å². The summed E-state index contributed by atoms with van der Waals surface area (Å²) in [6.07, 6.45) is 2.11. The highest BCUT2D eigenvalue weighted by molar-refractivity contribution is 6.12. The lowest BCUT2D eigenvalue weighted by Crippen LogP contribution is -2.11. The molecule has 1 saturated carbocycles. The molecule has 0 amide bonds. The average molecular weight is 466 g/mol. The highest BCUT2D eigenvalue weighted by Crippen LogP contribution is 2.44. The van der Waals surface area contributed by atoms with Gasteiger partial charge in [0.1, 0.15) is 17.2 Å². The van der Waals surface area contributed by atoms with Crippen molar-refractivity contribution in [1.29, 1.82) is 0 Å². The number of Topliss-reactive ketones (excluding diaryl/α,β-unsaturated/α-hetero) is 2. The van der Waals surface area contributed by atoms with E-state index in [4.69, 9.17) is 11.0 Å². The summed E-state index contributed by atoms with van der Waals surface area (Å²) in [7, 11) is 0. The number of halogens is 1. The second-order valence-corrected chi connectivity index (χ2v) is 9.27. The first kappa shape index (κ1) is 22.7. The number of carbonyl (C=O) groups is 2. The lowest BCUT2D eigenvalue weighted by atomic mass is 9.93. The molecule has 3 aromatic carbocycles. The van der Waals surface area contributed by atoms with Crippen LogP contribution in [0.2, 0.25) is 0 Å². The predicted molar refractivity (Wildman–Crippen MR) is 134 cm³/mol. The van der Waals surface area contributed by atoms with Gasteiger partial charge < -0.3 is 9.26 Å². The lowest BCUT2D eigenvalue weighted by molar-refractivity contribution is 0.0972. The Bertz CT molecular complexity index is 1520. The molecule has 1 aromatic heterocycles. The van der Waals surface area contributed by atoms with Gasteiger partial charge in [-0.2, -0.15) is 0 Å². The number of hydrogen-bond acceptors (Lipinski definition) is 3. The van der Waals surface area contributed by atoms with E-state index < -0.39 is 5.54 Å². The monoisotopic (exact) mass is 465 g/mol. The Labute approximate surface area is 203 Å². The Kier molecular flexibility index (Phi) is 5.61. The Morgan fingerprint density at radius 1 is 1.00 bits per heavy atom. The number of carbonyl (C=O) groups excluding carboxylic acids is 2. The number of benzene rings is 3. The number of rotatable bonds is 7. The van der Waals surface area contributed by atoms with Crippen LogP contribution in [0.1, 0.15) is 58.9 Å². The summed E-state index contributed by atoms with van der Waals surface area (Å²) in [4.78, 5) is 29.5.